The lowest BCUT2D eigenvalue weighted by molar-refractivity contribution is -0.00265. The summed E-state index contributed by atoms with van der Waals surface area (Å²) in [6.45, 7) is 3.37. The lowest BCUT2D eigenvalue weighted by atomic mass is 10.1. The second kappa shape index (κ2) is 9.23. The second-order valence-corrected chi connectivity index (χ2v) is 9.12. The summed E-state index contributed by atoms with van der Waals surface area (Å²) in [6.07, 6.45) is -0.657. The number of halogens is 1. The van der Waals surface area contributed by atoms with Crippen LogP contribution < -0.4 is 16.4 Å². The molecular weight excluding hydrogens is 397 g/mol. The SMILES string of the molecule is CC1(S(=O)CCOC(=O)Nc2ccc(NCc3ccc(F)cc3)cc2N)COC1. The zero-order valence-electron chi connectivity index (χ0n) is 16.1. The normalized spacial score (nSPS) is 15.8. The van der Waals surface area contributed by atoms with E-state index in [1.807, 2.05) is 6.92 Å². The van der Waals surface area contributed by atoms with Crippen LogP contribution in [0.1, 0.15) is 12.5 Å². The Morgan fingerprint density at radius 3 is 2.62 bits per heavy atom. The van der Waals surface area contributed by atoms with E-state index in [2.05, 4.69) is 10.6 Å². The summed E-state index contributed by atoms with van der Waals surface area (Å²) >= 11 is 0. The van der Waals surface area contributed by atoms with Crippen LogP contribution in [0.2, 0.25) is 0 Å². The molecule has 4 N–H and O–H groups in total. The summed E-state index contributed by atoms with van der Waals surface area (Å²) in [5, 5.41) is 5.76. The Morgan fingerprint density at radius 1 is 1.28 bits per heavy atom. The molecule has 1 heterocycles. The Labute approximate surface area is 171 Å². The third-order valence-electron chi connectivity index (χ3n) is 4.56. The first-order valence-electron chi connectivity index (χ1n) is 9.14. The van der Waals surface area contributed by atoms with Gasteiger partial charge in [0.25, 0.3) is 0 Å². The predicted octanol–water partition coefficient (Wildman–Crippen LogP) is 3.11. The Balaban J connectivity index is 1.45. The molecule has 3 rings (SSSR count). The van der Waals surface area contributed by atoms with Crippen molar-refractivity contribution in [3.63, 3.8) is 0 Å². The van der Waals surface area contributed by atoms with Crippen LogP contribution in [-0.4, -0.2) is 40.6 Å². The van der Waals surface area contributed by atoms with E-state index >= 15 is 0 Å². The maximum atomic E-state index is 12.9. The van der Waals surface area contributed by atoms with Gasteiger partial charge in [0, 0.05) is 23.0 Å². The molecule has 156 valence electrons. The Bertz CT molecular complexity index is 888. The van der Waals surface area contributed by atoms with Crippen LogP contribution in [0.4, 0.5) is 26.2 Å². The molecular formula is C20H24FN3O4S. The van der Waals surface area contributed by atoms with Gasteiger partial charge in [0.1, 0.15) is 12.4 Å². The van der Waals surface area contributed by atoms with E-state index in [9.17, 15) is 13.4 Å². The molecule has 1 aliphatic rings. The van der Waals surface area contributed by atoms with Crippen molar-refractivity contribution in [1.82, 2.24) is 0 Å². The largest absolute Gasteiger partial charge is 0.448 e. The first-order chi connectivity index (χ1) is 13.9. The minimum Gasteiger partial charge on any atom is -0.448 e. The first-order valence-corrected chi connectivity index (χ1v) is 10.5. The van der Waals surface area contributed by atoms with E-state index in [0.29, 0.717) is 31.1 Å². The highest BCUT2D eigenvalue weighted by molar-refractivity contribution is 7.86. The minimum absolute atomic E-state index is 0.0469. The van der Waals surface area contributed by atoms with Gasteiger partial charge >= 0.3 is 6.09 Å². The average Bonchev–Trinajstić information content (AvgIpc) is 2.67. The Hall–Kier alpha value is -2.65. The Kier molecular flexibility index (Phi) is 6.71. The third kappa shape index (κ3) is 5.68. The number of amides is 1. The number of nitrogen functional groups attached to an aromatic ring is 1. The van der Waals surface area contributed by atoms with Gasteiger partial charge in [-0.25, -0.2) is 9.18 Å². The monoisotopic (exact) mass is 421 g/mol. The number of hydrogen-bond donors (Lipinski definition) is 3. The quantitative estimate of drug-likeness (QED) is 0.566. The highest BCUT2D eigenvalue weighted by atomic mass is 32.2. The van der Waals surface area contributed by atoms with Crippen molar-refractivity contribution in [3.05, 3.63) is 53.8 Å². The molecule has 0 radical (unpaired) electrons. The number of ether oxygens (including phenoxy) is 2. The molecule has 1 amide bonds. The number of nitrogens with two attached hydrogens (primary N) is 1. The summed E-state index contributed by atoms with van der Waals surface area (Å²) in [4.78, 5) is 11.9. The van der Waals surface area contributed by atoms with E-state index in [1.165, 1.54) is 12.1 Å². The van der Waals surface area contributed by atoms with Crippen LogP contribution in [0.3, 0.4) is 0 Å². The lowest BCUT2D eigenvalue weighted by Crippen LogP contribution is -2.51. The molecule has 0 bridgehead atoms. The molecule has 9 heteroatoms. The van der Waals surface area contributed by atoms with E-state index < -0.39 is 16.9 Å². The van der Waals surface area contributed by atoms with Gasteiger partial charge in [-0.3, -0.25) is 9.53 Å². The summed E-state index contributed by atoms with van der Waals surface area (Å²) < 4.78 is 34.9. The first kappa shape index (κ1) is 21.1. The van der Waals surface area contributed by atoms with Gasteiger partial charge in [-0.15, -0.1) is 0 Å². The molecule has 1 saturated heterocycles. The van der Waals surface area contributed by atoms with Crippen LogP contribution >= 0.6 is 0 Å². The molecule has 1 fully saturated rings. The van der Waals surface area contributed by atoms with Crippen molar-refractivity contribution in [1.29, 1.82) is 0 Å². The van der Waals surface area contributed by atoms with Gasteiger partial charge in [0.15, 0.2) is 0 Å². The predicted molar refractivity (Wildman–Crippen MR) is 112 cm³/mol. The number of benzene rings is 2. The number of nitrogens with one attached hydrogen (secondary N) is 2. The highest BCUT2D eigenvalue weighted by Crippen LogP contribution is 2.25. The minimum atomic E-state index is -1.12. The topological polar surface area (TPSA) is 103 Å². The fourth-order valence-electron chi connectivity index (χ4n) is 2.72. The van der Waals surface area contributed by atoms with Crippen LogP contribution in [0.25, 0.3) is 0 Å². The van der Waals surface area contributed by atoms with Crippen molar-refractivity contribution in [3.8, 4) is 0 Å². The van der Waals surface area contributed by atoms with E-state index in [1.54, 1.807) is 30.3 Å². The van der Waals surface area contributed by atoms with E-state index in [-0.39, 0.29) is 22.9 Å². The summed E-state index contributed by atoms with van der Waals surface area (Å²) in [6, 6.07) is 11.3. The van der Waals surface area contributed by atoms with Gasteiger partial charge in [-0.05, 0) is 42.8 Å². The van der Waals surface area contributed by atoms with Gasteiger partial charge in [-0.2, -0.15) is 0 Å². The van der Waals surface area contributed by atoms with Crippen molar-refractivity contribution < 1.29 is 22.9 Å². The summed E-state index contributed by atoms with van der Waals surface area (Å²) in [5.41, 5.74) is 8.47. The maximum Gasteiger partial charge on any atom is 0.411 e. The molecule has 1 atom stereocenters. The molecule has 0 aromatic heterocycles. The van der Waals surface area contributed by atoms with Crippen molar-refractivity contribution in [2.24, 2.45) is 0 Å². The van der Waals surface area contributed by atoms with Crippen molar-refractivity contribution >= 4 is 34.0 Å². The van der Waals surface area contributed by atoms with Gasteiger partial charge in [0.05, 0.1) is 35.1 Å². The molecule has 1 unspecified atom stereocenters. The van der Waals surface area contributed by atoms with Gasteiger partial charge < -0.3 is 20.5 Å². The van der Waals surface area contributed by atoms with Crippen LogP contribution in [0, 0.1) is 5.82 Å². The third-order valence-corrected chi connectivity index (χ3v) is 6.44. The standard InChI is InChI=1S/C20H24FN3O4S/c1-20(12-27-13-20)29(26)9-8-28-19(25)24-18-7-6-16(10-17(18)22)23-11-14-2-4-15(21)5-3-14/h2-7,10,23H,8-9,11-13,22H2,1H3,(H,24,25). The number of anilines is 3. The van der Waals surface area contributed by atoms with E-state index in [4.69, 9.17) is 15.2 Å². The zero-order chi connectivity index (χ0) is 20.9. The fraction of sp³-hybridized carbons (Fsp3) is 0.350. The Morgan fingerprint density at radius 2 is 2.00 bits per heavy atom. The van der Waals surface area contributed by atoms with Crippen molar-refractivity contribution in [2.75, 3.05) is 41.9 Å². The number of carbonyl (C=O) groups is 1. The summed E-state index contributed by atoms with van der Waals surface area (Å²) in [7, 11) is -1.12. The fourth-order valence-corrected chi connectivity index (χ4v) is 3.87. The lowest BCUT2D eigenvalue weighted by Gasteiger charge is -2.36. The molecule has 1 aliphatic heterocycles. The molecule has 7 nitrogen and oxygen atoms in total. The van der Waals surface area contributed by atoms with E-state index in [0.717, 1.165) is 11.3 Å². The molecule has 0 spiro atoms. The highest BCUT2D eigenvalue weighted by Gasteiger charge is 2.39. The molecule has 2 aromatic carbocycles. The number of rotatable bonds is 8. The molecule has 0 saturated carbocycles. The number of hydrogen-bond acceptors (Lipinski definition) is 6. The molecule has 0 aliphatic carbocycles. The van der Waals surface area contributed by atoms with Crippen LogP contribution in [0.5, 0.6) is 0 Å². The maximum absolute atomic E-state index is 12.9. The molecule has 29 heavy (non-hydrogen) atoms. The van der Waals surface area contributed by atoms with Gasteiger partial charge in [0.2, 0.25) is 0 Å². The molecule has 2 aromatic rings. The van der Waals surface area contributed by atoms with Crippen molar-refractivity contribution in [2.45, 2.75) is 18.2 Å². The zero-order valence-corrected chi connectivity index (χ0v) is 16.9. The average molecular weight is 421 g/mol. The second-order valence-electron chi connectivity index (χ2n) is 7.04. The smallest absolute Gasteiger partial charge is 0.411 e. The summed E-state index contributed by atoms with van der Waals surface area (Å²) in [5.74, 6) is -0.0209. The van der Waals surface area contributed by atoms with Gasteiger partial charge in [-0.1, -0.05) is 12.1 Å². The van der Waals surface area contributed by atoms with Crippen LogP contribution in [0.15, 0.2) is 42.5 Å². The number of carbonyl (C=O) groups excluding carboxylic acids is 1. The van der Waals surface area contributed by atoms with Crippen LogP contribution in [-0.2, 0) is 26.8 Å².